The third-order valence-corrected chi connectivity index (χ3v) is 3.95. The van der Waals surface area contributed by atoms with E-state index in [-0.39, 0.29) is 16.9 Å². The Morgan fingerprint density at radius 1 is 1.22 bits per heavy atom. The summed E-state index contributed by atoms with van der Waals surface area (Å²) in [5.74, 6) is 0.233. The van der Waals surface area contributed by atoms with Crippen LogP contribution in [0.3, 0.4) is 0 Å². The lowest BCUT2D eigenvalue weighted by Gasteiger charge is -2.20. The van der Waals surface area contributed by atoms with Crippen LogP contribution < -0.4 is 15.5 Å². The summed E-state index contributed by atoms with van der Waals surface area (Å²) in [6.07, 6.45) is 3.36. The van der Waals surface area contributed by atoms with Gasteiger partial charge in [0.1, 0.15) is 11.6 Å². The molecule has 9 heteroatoms. The zero-order chi connectivity index (χ0) is 19.4. The molecule has 27 heavy (non-hydrogen) atoms. The van der Waals surface area contributed by atoms with Crippen molar-refractivity contribution in [2.24, 2.45) is 0 Å². The predicted molar refractivity (Wildman–Crippen MR) is 105 cm³/mol. The Labute approximate surface area is 160 Å². The van der Waals surface area contributed by atoms with E-state index >= 15 is 0 Å². The standard InChI is InChI=1S/C18H17ClFN7/c1-11-8-16(24-12-4-3-7-22-10-12)25-18(23-11)26-17(21)27(2)13-5-6-14(19)15(20)9-13/h3-10H,1-2H3,(H3,21,23,24,25,26). The number of aryl methyl sites for hydroxylation is 1. The van der Waals surface area contributed by atoms with Crippen LogP contribution in [0.4, 0.5) is 27.5 Å². The summed E-state index contributed by atoms with van der Waals surface area (Å²) in [7, 11) is 1.63. The quantitative estimate of drug-likeness (QED) is 0.460. The lowest BCUT2D eigenvalue weighted by molar-refractivity contribution is 0.628. The molecule has 0 aliphatic rings. The maximum absolute atomic E-state index is 13.7. The van der Waals surface area contributed by atoms with Crippen LogP contribution in [0.2, 0.25) is 5.02 Å². The van der Waals surface area contributed by atoms with E-state index in [1.165, 1.54) is 17.0 Å². The van der Waals surface area contributed by atoms with Crippen LogP contribution >= 0.6 is 11.6 Å². The molecule has 0 atom stereocenters. The Bertz CT molecular complexity index is 965. The van der Waals surface area contributed by atoms with Gasteiger partial charge in [0.2, 0.25) is 11.9 Å². The van der Waals surface area contributed by atoms with Crippen molar-refractivity contribution in [1.29, 1.82) is 5.41 Å². The molecule has 0 aliphatic heterocycles. The minimum absolute atomic E-state index is 0.0188. The number of rotatable bonds is 4. The molecule has 0 bridgehead atoms. The van der Waals surface area contributed by atoms with E-state index in [0.717, 1.165) is 5.69 Å². The highest BCUT2D eigenvalue weighted by atomic mass is 35.5. The first kappa shape index (κ1) is 18.5. The summed E-state index contributed by atoms with van der Waals surface area (Å²) in [6, 6.07) is 9.77. The Kier molecular flexibility index (Phi) is 5.46. The molecule has 0 amide bonds. The summed E-state index contributed by atoms with van der Waals surface area (Å²) in [4.78, 5) is 14.1. The lowest BCUT2D eigenvalue weighted by atomic mass is 10.3. The number of hydrogen-bond donors (Lipinski definition) is 3. The highest BCUT2D eigenvalue weighted by molar-refractivity contribution is 6.30. The Morgan fingerprint density at radius 3 is 2.74 bits per heavy atom. The first-order valence-corrected chi connectivity index (χ1v) is 8.37. The molecule has 2 heterocycles. The van der Waals surface area contributed by atoms with Crippen LogP contribution in [0, 0.1) is 18.2 Å². The zero-order valence-corrected chi connectivity index (χ0v) is 15.4. The maximum atomic E-state index is 13.7. The topological polar surface area (TPSA) is 89.8 Å². The van der Waals surface area contributed by atoms with E-state index in [4.69, 9.17) is 17.0 Å². The van der Waals surface area contributed by atoms with Crippen LogP contribution in [0.15, 0.2) is 48.8 Å². The van der Waals surface area contributed by atoms with Gasteiger partial charge >= 0.3 is 0 Å². The van der Waals surface area contributed by atoms with Gasteiger partial charge in [0.05, 0.1) is 16.9 Å². The number of anilines is 4. The fraction of sp³-hybridized carbons (Fsp3) is 0.111. The molecule has 138 valence electrons. The molecule has 0 spiro atoms. The van der Waals surface area contributed by atoms with Gasteiger partial charge in [0.15, 0.2) is 0 Å². The zero-order valence-electron chi connectivity index (χ0n) is 14.7. The second-order valence-corrected chi connectivity index (χ2v) is 6.12. The van der Waals surface area contributed by atoms with Crippen molar-refractivity contribution in [3.8, 4) is 0 Å². The van der Waals surface area contributed by atoms with Crippen molar-refractivity contribution in [1.82, 2.24) is 15.0 Å². The summed E-state index contributed by atoms with van der Waals surface area (Å²) < 4.78 is 13.7. The van der Waals surface area contributed by atoms with Crippen LogP contribution in [0.5, 0.6) is 0 Å². The summed E-state index contributed by atoms with van der Waals surface area (Å²) in [5.41, 5.74) is 1.97. The SMILES string of the molecule is Cc1cc(Nc2cccnc2)nc(NC(=N)N(C)c2ccc(Cl)c(F)c2)n1. The summed E-state index contributed by atoms with van der Waals surface area (Å²) in [5, 5.41) is 14.2. The van der Waals surface area contributed by atoms with Crippen molar-refractivity contribution in [2.45, 2.75) is 6.92 Å². The molecule has 7 nitrogen and oxygen atoms in total. The molecular weight excluding hydrogens is 369 g/mol. The van der Waals surface area contributed by atoms with Crippen LogP contribution in [0.25, 0.3) is 0 Å². The van der Waals surface area contributed by atoms with E-state index in [2.05, 4.69) is 25.6 Å². The van der Waals surface area contributed by atoms with Crippen LogP contribution in [-0.4, -0.2) is 28.0 Å². The van der Waals surface area contributed by atoms with E-state index in [1.54, 1.807) is 31.6 Å². The third-order valence-electron chi connectivity index (χ3n) is 3.64. The van der Waals surface area contributed by atoms with Crippen molar-refractivity contribution in [2.75, 3.05) is 22.6 Å². The monoisotopic (exact) mass is 385 g/mol. The first-order valence-electron chi connectivity index (χ1n) is 7.99. The van der Waals surface area contributed by atoms with E-state index < -0.39 is 5.82 Å². The smallest absolute Gasteiger partial charge is 0.231 e. The fourth-order valence-corrected chi connectivity index (χ4v) is 2.40. The summed E-state index contributed by atoms with van der Waals surface area (Å²) >= 11 is 5.70. The number of nitrogens with zero attached hydrogens (tertiary/aromatic N) is 4. The third kappa shape index (κ3) is 4.68. The van der Waals surface area contributed by atoms with E-state index in [9.17, 15) is 4.39 Å². The number of benzene rings is 1. The number of halogens is 2. The van der Waals surface area contributed by atoms with Gasteiger partial charge in [-0.25, -0.2) is 9.37 Å². The Morgan fingerprint density at radius 2 is 2.04 bits per heavy atom. The molecule has 0 fully saturated rings. The molecule has 2 aromatic heterocycles. The molecular formula is C18H17ClFN7. The predicted octanol–water partition coefficient (Wildman–Crippen LogP) is 4.20. The fourth-order valence-electron chi connectivity index (χ4n) is 2.29. The number of nitrogens with one attached hydrogen (secondary N) is 3. The molecule has 3 N–H and O–H groups in total. The highest BCUT2D eigenvalue weighted by Gasteiger charge is 2.12. The Balaban J connectivity index is 1.76. The van der Waals surface area contributed by atoms with Crippen molar-refractivity contribution >= 4 is 40.7 Å². The van der Waals surface area contributed by atoms with E-state index in [1.807, 2.05) is 19.1 Å². The van der Waals surface area contributed by atoms with Gasteiger partial charge in [-0.2, -0.15) is 4.98 Å². The molecule has 0 aliphatic carbocycles. The van der Waals surface area contributed by atoms with Gasteiger partial charge in [0, 0.05) is 30.7 Å². The first-order chi connectivity index (χ1) is 12.9. The number of guanidine groups is 1. The van der Waals surface area contributed by atoms with Crippen LogP contribution in [-0.2, 0) is 0 Å². The molecule has 3 rings (SSSR count). The molecule has 0 unspecified atom stereocenters. The maximum Gasteiger partial charge on any atom is 0.231 e. The number of pyridine rings is 1. The second-order valence-electron chi connectivity index (χ2n) is 5.72. The van der Waals surface area contributed by atoms with E-state index in [0.29, 0.717) is 17.2 Å². The van der Waals surface area contributed by atoms with Crippen molar-refractivity contribution in [3.63, 3.8) is 0 Å². The number of hydrogen-bond acceptors (Lipinski definition) is 5. The molecule has 0 saturated carbocycles. The number of aromatic nitrogens is 3. The lowest BCUT2D eigenvalue weighted by Crippen LogP contribution is -2.32. The summed E-state index contributed by atoms with van der Waals surface area (Å²) in [6.45, 7) is 1.82. The van der Waals surface area contributed by atoms with Gasteiger partial charge in [0.25, 0.3) is 0 Å². The minimum Gasteiger partial charge on any atom is -0.339 e. The minimum atomic E-state index is -0.552. The van der Waals surface area contributed by atoms with Crippen molar-refractivity contribution < 1.29 is 4.39 Å². The molecule has 1 aromatic carbocycles. The average molecular weight is 386 g/mol. The second kappa shape index (κ2) is 7.96. The van der Waals surface area contributed by atoms with Gasteiger partial charge in [-0.1, -0.05) is 11.6 Å². The average Bonchev–Trinajstić information content (AvgIpc) is 2.63. The van der Waals surface area contributed by atoms with Gasteiger partial charge in [-0.05, 0) is 37.3 Å². The molecule has 0 radical (unpaired) electrons. The molecule has 0 saturated heterocycles. The molecule has 3 aromatic rings. The Hall–Kier alpha value is -3.26. The van der Waals surface area contributed by atoms with Gasteiger partial charge < -0.3 is 10.2 Å². The van der Waals surface area contributed by atoms with Gasteiger partial charge in [-0.3, -0.25) is 15.7 Å². The van der Waals surface area contributed by atoms with Gasteiger partial charge in [-0.15, -0.1) is 0 Å². The van der Waals surface area contributed by atoms with Crippen molar-refractivity contribution in [3.05, 3.63) is 65.3 Å². The normalized spacial score (nSPS) is 10.4. The largest absolute Gasteiger partial charge is 0.339 e. The highest BCUT2D eigenvalue weighted by Crippen LogP contribution is 2.22. The van der Waals surface area contributed by atoms with Crippen LogP contribution in [0.1, 0.15) is 5.69 Å².